The number of non-ortho nitro benzene ring substituents is 1. The highest BCUT2D eigenvalue weighted by Crippen LogP contribution is 2.33. The van der Waals surface area contributed by atoms with Crippen molar-refractivity contribution >= 4 is 17.5 Å². The molecule has 2 amide bonds. The van der Waals surface area contributed by atoms with Gasteiger partial charge in [0.1, 0.15) is 12.3 Å². The van der Waals surface area contributed by atoms with Crippen LogP contribution >= 0.6 is 0 Å². The average molecular weight is 565 g/mol. The topological polar surface area (TPSA) is 128 Å². The van der Waals surface area contributed by atoms with Crippen LogP contribution in [0.4, 0.5) is 5.69 Å². The van der Waals surface area contributed by atoms with Gasteiger partial charge >= 0.3 is 0 Å². The maximum Gasteiger partial charge on any atom is 0.269 e. The summed E-state index contributed by atoms with van der Waals surface area (Å²) < 4.78 is 21.8. The molecule has 0 spiro atoms. The number of rotatable bonds is 12. The van der Waals surface area contributed by atoms with Crippen LogP contribution in [0.5, 0.6) is 11.5 Å². The number of nitrogens with zero attached hydrogens (tertiary/aromatic N) is 4. The Balaban J connectivity index is 1.32. The van der Waals surface area contributed by atoms with Gasteiger partial charge in [-0.25, -0.2) is 0 Å². The van der Waals surface area contributed by atoms with E-state index >= 15 is 0 Å². The van der Waals surface area contributed by atoms with E-state index in [1.165, 1.54) is 29.2 Å². The number of benzene rings is 2. The minimum Gasteiger partial charge on any atom is -0.467 e. The fraction of sp³-hybridized carbons (Fsp3) is 0.379. The summed E-state index contributed by atoms with van der Waals surface area (Å²) >= 11 is 0. The third-order valence-electron chi connectivity index (χ3n) is 7.03. The Morgan fingerprint density at radius 3 is 2.46 bits per heavy atom. The summed E-state index contributed by atoms with van der Waals surface area (Å²) in [5, 5.41) is 11.1. The molecule has 0 unspecified atom stereocenters. The van der Waals surface area contributed by atoms with Gasteiger partial charge in [0.2, 0.25) is 12.7 Å². The molecule has 0 saturated carbocycles. The van der Waals surface area contributed by atoms with Crippen molar-refractivity contribution < 1.29 is 33.1 Å². The molecule has 0 atom stereocenters. The van der Waals surface area contributed by atoms with Gasteiger partial charge in [-0.05, 0) is 48.4 Å². The molecule has 3 aromatic rings. The first-order chi connectivity index (χ1) is 20.0. The van der Waals surface area contributed by atoms with Crippen molar-refractivity contribution in [2.75, 3.05) is 52.7 Å². The predicted molar refractivity (Wildman–Crippen MR) is 146 cm³/mol. The zero-order chi connectivity index (χ0) is 28.6. The van der Waals surface area contributed by atoms with E-state index in [4.69, 9.17) is 18.6 Å². The van der Waals surface area contributed by atoms with Crippen LogP contribution in [0.25, 0.3) is 0 Å². The van der Waals surface area contributed by atoms with Crippen LogP contribution in [0.2, 0.25) is 0 Å². The molecular weight excluding hydrogens is 532 g/mol. The van der Waals surface area contributed by atoms with Gasteiger partial charge in [-0.15, -0.1) is 0 Å². The maximum atomic E-state index is 13.8. The largest absolute Gasteiger partial charge is 0.467 e. The van der Waals surface area contributed by atoms with E-state index in [2.05, 4.69) is 4.90 Å². The van der Waals surface area contributed by atoms with E-state index in [1.54, 1.807) is 23.3 Å². The van der Waals surface area contributed by atoms with E-state index < -0.39 is 4.92 Å². The fourth-order valence-corrected chi connectivity index (χ4v) is 4.82. The van der Waals surface area contributed by atoms with Gasteiger partial charge in [-0.3, -0.25) is 24.6 Å². The van der Waals surface area contributed by atoms with Crippen LogP contribution < -0.4 is 9.47 Å². The molecule has 0 N–H and O–H groups in total. The number of hydrogen-bond acceptors (Lipinski definition) is 9. The second kappa shape index (κ2) is 13.3. The molecule has 0 aliphatic carbocycles. The van der Waals surface area contributed by atoms with Gasteiger partial charge in [0.25, 0.3) is 11.6 Å². The van der Waals surface area contributed by atoms with Crippen LogP contribution in [-0.4, -0.2) is 84.2 Å². The van der Waals surface area contributed by atoms with Crippen LogP contribution in [0.15, 0.2) is 65.3 Å². The molecule has 2 aromatic carbocycles. The van der Waals surface area contributed by atoms with Crippen molar-refractivity contribution in [2.45, 2.75) is 19.5 Å². The van der Waals surface area contributed by atoms with Crippen LogP contribution in [0.3, 0.4) is 0 Å². The molecule has 12 heteroatoms. The Labute approximate surface area is 237 Å². The Hall–Kier alpha value is -4.42. The van der Waals surface area contributed by atoms with Gasteiger partial charge in [-0.2, -0.15) is 0 Å². The highest BCUT2D eigenvalue weighted by Gasteiger charge is 2.25. The second-order valence-electron chi connectivity index (χ2n) is 9.86. The highest BCUT2D eigenvalue weighted by atomic mass is 16.7. The number of fused-ring (bicyclic) bond motifs is 1. The minimum atomic E-state index is -0.513. The molecule has 2 aliphatic rings. The molecule has 12 nitrogen and oxygen atoms in total. The zero-order valence-electron chi connectivity index (χ0n) is 22.6. The van der Waals surface area contributed by atoms with Crippen LogP contribution in [-0.2, 0) is 22.6 Å². The SMILES string of the molecule is O=C(CN(CCCN1CCOCC1)C(=O)c1ccc([N+](=O)[O-])cc1)N(Cc1ccc2c(c1)OCO2)Cc1ccco1. The van der Waals surface area contributed by atoms with Gasteiger partial charge < -0.3 is 28.4 Å². The molecule has 1 fully saturated rings. The third-order valence-corrected chi connectivity index (χ3v) is 7.03. The molecule has 3 heterocycles. The molecule has 216 valence electrons. The monoisotopic (exact) mass is 564 g/mol. The Morgan fingerprint density at radius 2 is 1.73 bits per heavy atom. The number of ether oxygens (including phenoxy) is 3. The van der Waals surface area contributed by atoms with E-state index in [0.717, 1.165) is 25.2 Å². The van der Waals surface area contributed by atoms with Crippen LogP contribution in [0.1, 0.15) is 28.1 Å². The smallest absolute Gasteiger partial charge is 0.269 e. The third kappa shape index (κ3) is 7.41. The standard InChI is InChI=1S/C29H32N4O8/c34-28(32(19-25-3-1-14-39-25)18-22-4-9-26-27(17-22)41-21-40-26)20-31(11-2-10-30-12-15-38-16-13-30)29(35)23-5-7-24(8-6-23)33(36)37/h1,3-9,14,17H,2,10-13,15-16,18-21H2. The van der Waals surface area contributed by atoms with Crippen molar-refractivity contribution in [3.8, 4) is 11.5 Å². The molecule has 2 aliphatic heterocycles. The lowest BCUT2D eigenvalue weighted by molar-refractivity contribution is -0.384. The molecule has 1 aromatic heterocycles. The summed E-state index contributed by atoms with van der Waals surface area (Å²) in [4.78, 5) is 43.3. The normalized spacial score (nSPS) is 14.5. The van der Waals surface area contributed by atoms with Gasteiger partial charge in [0.15, 0.2) is 11.5 Å². The lowest BCUT2D eigenvalue weighted by atomic mass is 10.1. The van der Waals surface area contributed by atoms with E-state index in [1.807, 2.05) is 18.2 Å². The first kappa shape index (κ1) is 28.1. The van der Waals surface area contributed by atoms with E-state index in [0.29, 0.717) is 43.4 Å². The van der Waals surface area contributed by atoms with Gasteiger partial charge in [0.05, 0.1) is 30.9 Å². The van der Waals surface area contributed by atoms with E-state index in [-0.39, 0.29) is 49.5 Å². The summed E-state index contributed by atoms with van der Waals surface area (Å²) in [5.41, 5.74) is 1.02. The Bertz CT molecular complexity index is 1340. The fourth-order valence-electron chi connectivity index (χ4n) is 4.82. The number of nitro groups is 1. The Morgan fingerprint density at radius 1 is 0.951 bits per heavy atom. The summed E-state index contributed by atoms with van der Waals surface area (Å²) in [7, 11) is 0. The lowest BCUT2D eigenvalue weighted by Gasteiger charge is -2.30. The summed E-state index contributed by atoms with van der Waals surface area (Å²) in [5.74, 6) is 1.25. The summed E-state index contributed by atoms with van der Waals surface area (Å²) in [6, 6.07) is 14.5. The number of carbonyl (C=O) groups excluding carboxylic acids is 2. The quantitative estimate of drug-likeness (QED) is 0.240. The maximum absolute atomic E-state index is 13.8. The van der Waals surface area contributed by atoms with Crippen molar-refractivity contribution in [3.05, 3.63) is 87.9 Å². The zero-order valence-corrected chi connectivity index (χ0v) is 22.6. The molecular formula is C29H32N4O8. The number of nitro benzene ring substituents is 1. The number of morpholine rings is 1. The van der Waals surface area contributed by atoms with Gasteiger partial charge in [0, 0.05) is 50.4 Å². The van der Waals surface area contributed by atoms with E-state index in [9.17, 15) is 19.7 Å². The average Bonchev–Trinajstić information content (AvgIpc) is 3.68. The first-order valence-electron chi connectivity index (χ1n) is 13.5. The van der Waals surface area contributed by atoms with Crippen molar-refractivity contribution in [2.24, 2.45) is 0 Å². The second-order valence-corrected chi connectivity index (χ2v) is 9.86. The molecule has 0 radical (unpaired) electrons. The molecule has 5 rings (SSSR count). The molecule has 41 heavy (non-hydrogen) atoms. The van der Waals surface area contributed by atoms with Crippen molar-refractivity contribution in [3.63, 3.8) is 0 Å². The summed E-state index contributed by atoms with van der Waals surface area (Å²) in [6.45, 7) is 4.56. The highest BCUT2D eigenvalue weighted by molar-refractivity contribution is 5.96. The van der Waals surface area contributed by atoms with Crippen molar-refractivity contribution in [1.82, 2.24) is 14.7 Å². The predicted octanol–water partition coefficient (Wildman–Crippen LogP) is 3.31. The van der Waals surface area contributed by atoms with Crippen molar-refractivity contribution in [1.29, 1.82) is 0 Å². The number of carbonyl (C=O) groups is 2. The number of amides is 2. The molecule has 0 bridgehead atoms. The molecule has 1 saturated heterocycles. The lowest BCUT2D eigenvalue weighted by Crippen LogP contribution is -2.44. The number of furan rings is 1. The van der Waals surface area contributed by atoms with Crippen LogP contribution in [0, 0.1) is 10.1 Å². The van der Waals surface area contributed by atoms with Gasteiger partial charge in [-0.1, -0.05) is 6.07 Å². The summed E-state index contributed by atoms with van der Waals surface area (Å²) in [6.07, 6.45) is 2.21. The Kier molecular flexibility index (Phi) is 9.12. The number of hydrogen-bond donors (Lipinski definition) is 0. The first-order valence-corrected chi connectivity index (χ1v) is 13.5. The minimum absolute atomic E-state index is 0.107.